The summed E-state index contributed by atoms with van der Waals surface area (Å²) in [5, 5.41) is 0. The summed E-state index contributed by atoms with van der Waals surface area (Å²) in [6.07, 6.45) is 0. The Labute approximate surface area is 80.8 Å². The molecule has 0 aromatic heterocycles. The van der Waals surface area contributed by atoms with Crippen molar-refractivity contribution < 1.29 is 0 Å². The Kier molecular flexibility index (Phi) is 4.48. The van der Waals surface area contributed by atoms with Crippen molar-refractivity contribution in [3.63, 3.8) is 0 Å². The first-order chi connectivity index (χ1) is 4.79. The zero-order chi connectivity index (χ0) is 7.40. The summed E-state index contributed by atoms with van der Waals surface area (Å²) in [6.45, 7) is 0. The Bertz CT molecular complexity index is 186. The fraction of sp³-hybridized carbons (Fsp3) is 0.143. The number of halogens is 2. The molecule has 1 aromatic rings. The monoisotopic (exact) mass is 454 g/mol. The second-order valence-electron chi connectivity index (χ2n) is 2.08. The summed E-state index contributed by atoms with van der Waals surface area (Å²) in [7, 11) is 0. The van der Waals surface area contributed by atoms with Crippen molar-refractivity contribution in [3.8, 4) is 0 Å². The molecule has 0 unspecified atom stereocenters. The molecule has 0 atom stereocenters. The van der Waals surface area contributed by atoms with Gasteiger partial charge >= 0.3 is 81.7 Å². The predicted molar refractivity (Wildman–Crippen MR) is 53.8 cm³/mol. The van der Waals surface area contributed by atoms with E-state index < -0.39 is 17.9 Å². The van der Waals surface area contributed by atoms with Crippen LogP contribution in [0.25, 0.3) is 0 Å². The first kappa shape index (κ1) is 9.19. The third kappa shape index (κ3) is 3.48. The van der Waals surface area contributed by atoms with Crippen molar-refractivity contribution >= 4 is 41.9 Å². The fourth-order valence-electron chi connectivity index (χ4n) is 0.792. The van der Waals surface area contributed by atoms with Gasteiger partial charge in [-0.1, -0.05) is 0 Å². The molecule has 0 amide bonds. The van der Waals surface area contributed by atoms with Crippen LogP contribution in [0.3, 0.4) is 0 Å². The average Bonchev–Trinajstić information content (AvgIpc) is 1.88. The van der Waals surface area contributed by atoms with Gasteiger partial charge in [0, 0.05) is 0 Å². The van der Waals surface area contributed by atoms with Gasteiger partial charge in [0.2, 0.25) is 0 Å². The first-order valence-electron chi connectivity index (χ1n) is 3.11. The normalized spacial score (nSPS) is 9.40. The molecule has 10 heavy (non-hydrogen) atoms. The van der Waals surface area contributed by atoms with E-state index in [0.29, 0.717) is 0 Å². The third-order valence-corrected chi connectivity index (χ3v) is 9.95. The van der Waals surface area contributed by atoms with Gasteiger partial charge in [-0.05, 0) is 0 Å². The van der Waals surface area contributed by atoms with Crippen LogP contribution < -0.4 is 0 Å². The van der Waals surface area contributed by atoms with Gasteiger partial charge in [-0.3, -0.25) is 0 Å². The molecule has 0 fully saturated rings. The van der Waals surface area contributed by atoms with Crippen LogP contribution in [-0.2, 0) is 3.98 Å². The van der Waals surface area contributed by atoms with Crippen LogP contribution in [-0.4, -0.2) is 17.9 Å². The summed E-state index contributed by atoms with van der Waals surface area (Å²) in [4.78, 5) is 0. The maximum absolute atomic E-state index is 3.65. The van der Waals surface area contributed by atoms with E-state index in [1.54, 1.807) is 0 Å². The standard InChI is InChI=1S/C7H7.2BrH.Tl/c1-7-5-3-2-4-6-7;;;/h2-6H,1H2;2*1H;/q;;;+2/p-2. The quantitative estimate of drug-likeness (QED) is 0.602. The second-order valence-corrected chi connectivity index (χ2v) is 36.9. The molecule has 1 aromatic carbocycles. The zero-order valence-electron chi connectivity index (χ0n) is 5.43. The predicted octanol–water partition coefficient (Wildman–Crippen LogP) is 3.05. The molecule has 0 N–H and O–H groups in total. The van der Waals surface area contributed by atoms with E-state index in [9.17, 15) is 0 Å². The van der Waals surface area contributed by atoms with Crippen LogP contribution in [0.5, 0.6) is 0 Å². The summed E-state index contributed by atoms with van der Waals surface area (Å²) in [5.74, 6) is 0. The number of benzene rings is 1. The topological polar surface area (TPSA) is 0 Å². The molecule has 0 aliphatic heterocycles. The van der Waals surface area contributed by atoms with Gasteiger partial charge < -0.3 is 0 Å². The number of hydrogen-bond acceptors (Lipinski definition) is 0. The molecule has 0 heterocycles. The van der Waals surface area contributed by atoms with Crippen LogP contribution in [0.15, 0.2) is 30.3 Å². The molecular formula is C7H7Br2Tl. The van der Waals surface area contributed by atoms with Gasteiger partial charge in [0.25, 0.3) is 0 Å². The molecule has 0 saturated heterocycles. The molecule has 0 saturated carbocycles. The molecule has 0 bridgehead atoms. The van der Waals surface area contributed by atoms with E-state index >= 15 is 0 Å². The fourth-order valence-corrected chi connectivity index (χ4v) is 9.80. The molecule has 0 spiro atoms. The van der Waals surface area contributed by atoms with Gasteiger partial charge in [-0.2, -0.15) is 0 Å². The van der Waals surface area contributed by atoms with Crippen molar-refractivity contribution in [2.45, 2.75) is 3.98 Å². The van der Waals surface area contributed by atoms with E-state index in [1.165, 1.54) is 9.54 Å². The van der Waals surface area contributed by atoms with Gasteiger partial charge in [0.05, 0.1) is 0 Å². The molecule has 0 radical (unpaired) electrons. The Morgan fingerprint density at radius 3 is 2.20 bits per heavy atom. The average molecular weight is 455 g/mol. The van der Waals surface area contributed by atoms with E-state index in [4.69, 9.17) is 0 Å². The van der Waals surface area contributed by atoms with Gasteiger partial charge in [0.1, 0.15) is 0 Å². The van der Waals surface area contributed by atoms with Crippen molar-refractivity contribution in [2.24, 2.45) is 0 Å². The summed E-state index contributed by atoms with van der Waals surface area (Å²) in [5.41, 5.74) is 1.45. The Morgan fingerprint density at radius 1 is 1.10 bits per heavy atom. The molecule has 52 valence electrons. The van der Waals surface area contributed by atoms with Crippen LogP contribution in [0.1, 0.15) is 5.56 Å². The molecule has 1 rings (SSSR count). The van der Waals surface area contributed by atoms with Crippen molar-refractivity contribution in [1.82, 2.24) is 0 Å². The van der Waals surface area contributed by atoms with Crippen LogP contribution in [0.2, 0.25) is 0 Å². The molecule has 0 nitrogen and oxygen atoms in total. The number of hydrogen-bond donors (Lipinski definition) is 0. The van der Waals surface area contributed by atoms with Gasteiger partial charge in [-0.15, -0.1) is 0 Å². The Morgan fingerprint density at radius 2 is 1.70 bits per heavy atom. The van der Waals surface area contributed by atoms with E-state index in [-0.39, 0.29) is 0 Å². The SMILES string of the molecule is [Br][Tl]([Br])[CH2]c1ccccc1. The minimum atomic E-state index is -1.47. The summed E-state index contributed by atoms with van der Waals surface area (Å²) in [6, 6.07) is 10.6. The van der Waals surface area contributed by atoms with Crippen molar-refractivity contribution in [3.05, 3.63) is 35.9 Å². The second kappa shape index (κ2) is 4.88. The first-order valence-corrected chi connectivity index (χ1v) is 25.7. The Balaban J connectivity index is 2.59. The van der Waals surface area contributed by atoms with Crippen LogP contribution >= 0.6 is 24.0 Å². The third-order valence-electron chi connectivity index (χ3n) is 1.23. The molecular weight excluding hydrogens is 448 g/mol. The maximum atomic E-state index is 3.65. The summed E-state index contributed by atoms with van der Waals surface area (Å²) < 4.78 is 1.25. The molecule has 0 aliphatic carbocycles. The van der Waals surface area contributed by atoms with Crippen LogP contribution in [0.4, 0.5) is 0 Å². The van der Waals surface area contributed by atoms with Gasteiger partial charge in [-0.25, -0.2) is 0 Å². The zero-order valence-corrected chi connectivity index (χ0v) is 13.1. The molecule has 3 heteroatoms. The van der Waals surface area contributed by atoms with Crippen molar-refractivity contribution in [2.75, 3.05) is 0 Å². The van der Waals surface area contributed by atoms with Crippen molar-refractivity contribution in [1.29, 1.82) is 0 Å². The minimum absolute atomic E-state index is 1.25. The van der Waals surface area contributed by atoms with E-state index in [2.05, 4.69) is 54.3 Å². The summed E-state index contributed by atoms with van der Waals surface area (Å²) >= 11 is 5.83. The van der Waals surface area contributed by atoms with E-state index in [0.717, 1.165) is 0 Å². The van der Waals surface area contributed by atoms with E-state index in [1.807, 2.05) is 0 Å². The number of rotatable bonds is 2. The van der Waals surface area contributed by atoms with Gasteiger partial charge in [0.15, 0.2) is 0 Å². The Hall–Kier alpha value is 1.10. The van der Waals surface area contributed by atoms with Crippen LogP contribution in [0, 0.1) is 0 Å². The molecule has 0 aliphatic rings.